The predicted molar refractivity (Wildman–Crippen MR) is 121 cm³/mol. The van der Waals surface area contributed by atoms with E-state index in [1.165, 1.54) is 6.07 Å². The highest BCUT2D eigenvalue weighted by molar-refractivity contribution is 6.30. The maximum absolute atomic E-state index is 13.9. The molecule has 4 aromatic rings. The Morgan fingerprint density at radius 3 is 2.50 bits per heavy atom. The highest BCUT2D eigenvalue weighted by Crippen LogP contribution is 2.23. The molecule has 0 radical (unpaired) electrons. The second-order valence-electron chi connectivity index (χ2n) is 6.94. The van der Waals surface area contributed by atoms with Gasteiger partial charge < -0.3 is 15.2 Å². The van der Waals surface area contributed by atoms with E-state index in [-0.39, 0.29) is 5.82 Å². The summed E-state index contributed by atoms with van der Waals surface area (Å²) in [5.74, 6) is 0.559. The molecule has 4 rings (SSSR count). The summed E-state index contributed by atoms with van der Waals surface area (Å²) in [6.45, 7) is 0.583. The average Bonchev–Trinajstić information content (AvgIpc) is 3.16. The summed E-state index contributed by atoms with van der Waals surface area (Å²) in [6, 6.07) is 22.4. The van der Waals surface area contributed by atoms with Crippen molar-refractivity contribution in [2.45, 2.75) is 13.0 Å². The zero-order chi connectivity index (χ0) is 20.9. The Morgan fingerprint density at radius 2 is 1.77 bits per heavy atom. The van der Waals surface area contributed by atoms with Crippen LogP contribution in [-0.2, 0) is 13.0 Å². The van der Waals surface area contributed by atoms with Gasteiger partial charge in [0.05, 0.1) is 12.2 Å². The third-order valence-electron chi connectivity index (χ3n) is 4.87. The van der Waals surface area contributed by atoms with Crippen LogP contribution in [0, 0.1) is 5.82 Å². The molecular formula is C24H22ClFN4. The lowest BCUT2D eigenvalue weighted by Crippen LogP contribution is -2.04. The Hall–Kier alpha value is -3.31. The van der Waals surface area contributed by atoms with Gasteiger partial charge in [-0.1, -0.05) is 29.8 Å². The van der Waals surface area contributed by atoms with Crippen LogP contribution in [0.2, 0.25) is 5.02 Å². The first-order valence-corrected chi connectivity index (χ1v) is 10.1. The van der Waals surface area contributed by atoms with Gasteiger partial charge in [-0.3, -0.25) is 0 Å². The summed E-state index contributed by atoms with van der Waals surface area (Å²) in [4.78, 5) is 4.84. The maximum Gasteiger partial charge on any atom is 0.123 e. The van der Waals surface area contributed by atoms with Crippen molar-refractivity contribution in [2.24, 2.45) is 0 Å². The lowest BCUT2D eigenvalue weighted by atomic mass is 10.1. The summed E-state index contributed by atoms with van der Waals surface area (Å²) in [5, 5.41) is 7.19. The molecule has 6 heteroatoms. The summed E-state index contributed by atoms with van der Waals surface area (Å²) >= 11 is 6.06. The van der Waals surface area contributed by atoms with Crippen LogP contribution in [0.5, 0.6) is 0 Å². The van der Waals surface area contributed by atoms with Crippen LogP contribution in [-0.4, -0.2) is 16.6 Å². The molecule has 30 heavy (non-hydrogen) atoms. The topological polar surface area (TPSA) is 41.9 Å². The van der Waals surface area contributed by atoms with Gasteiger partial charge in [0, 0.05) is 41.8 Å². The van der Waals surface area contributed by atoms with Gasteiger partial charge in [-0.2, -0.15) is 0 Å². The summed E-state index contributed by atoms with van der Waals surface area (Å²) in [6.07, 6.45) is 2.49. The van der Waals surface area contributed by atoms with Gasteiger partial charge in [0.1, 0.15) is 11.6 Å². The van der Waals surface area contributed by atoms with E-state index >= 15 is 0 Å². The Bertz CT molecular complexity index is 1120. The summed E-state index contributed by atoms with van der Waals surface area (Å²) in [5.41, 5.74) is 4.61. The Kier molecular flexibility index (Phi) is 6.00. The van der Waals surface area contributed by atoms with Crippen LogP contribution in [0.15, 0.2) is 79.0 Å². The molecule has 0 saturated carbocycles. The molecule has 0 bridgehead atoms. The zero-order valence-corrected chi connectivity index (χ0v) is 17.3. The standard InChI is InChI=1S/C24H22ClFN4/c1-27-23-12-9-19(26)13-17(23)14-24-29-21(15-28-20-5-3-2-4-6-20)16-30(24)22-10-7-18(25)8-11-22/h2-13,16,27-28H,14-15H2,1H3. The average molecular weight is 421 g/mol. The fourth-order valence-corrected chi connectivity index (χ4v) is 3.50. The number of rotatable bonds is 7. The highest BCUT2D eigenvalue weighted by atomic mass is 35.5. The predicted octanol–water partition coefficient (Wildman–Crippen LogP) is 5.91. The van der Waals surface area contributed by atoms with E-state index < -0.39 is 0 Å². The van der Waals surface area contributed by atoms with Gasteiger partial charge in [-0.05, 0) is 60.2 Å². The molecule has 1 heterocycles. The SMILES string of the molecule is CNc1ccc(F)cc1Cc1nc(CNc2ccccc2)cn1-c1ccc(Cl)cc1. The van der Waals surface area contributed by atoms with Crippen molar-refractivity contribution in [3.63, 3.8) is 0 Å². The fraction of sp³-hybridized carbons (Fsp3) is 0.125. The number of nitrogens with zero attached hydrogens (tertiary/aromatic N) is 2. The minimum atomic E-state index is -0.264. The Balaban J connectivity index is 1.67. The quantitative estimate of drug-likeness (QED) is 0.390. The van der Waals surface area contributed by atoms with Crippen LogP contribution in [0.3, 0.4) is 0 Å². The molecule has 0 fully saturated rings. The number of benzene rings is 3. The van der Waals surface area contributed by atoms with Crippen molar-refractivity contribution in [3.8, 4) is 5.69 Å². The summed E-state index contributed by atoms with van der Waals surface area (Å²) in [7, 11) is 1.83. The van der Waals surface area contributed by atoms with Crippen LogP contribution in [0.4, 0.5) is 15.8 Å². The molecule has 152 valence electrons. The molecule has 0 saturated heterocycles. The molecule has 0 aliphatic rings. The van der Waals surface area contributed by atoms with Gasteiger partial charge in [-0.15, -0.1) is 0 Å². The number of halogens is 2. The van der Waals surface area contributed by atoms with Crippen molar-refractivity contribution in [1.82, 2.24) is 9.55 Å². The van der Waals surface area contributed by atoms with E-state index in [9.17, 15) is 4.39 Å². The van der Waals surface area contributed by atoms with E-state index in [0.717, 1.165) is 34.1 Å². The van der Waals surface area contributed by atoms with Gasteiger partial charge in [0.2, 0.25) is 0 Å². The molecule has 0 aliphatic carbocycles. The number of aromatic nitrogens is 2. The number of imidazole rings is 1. The first-order chi connectivity index (χ1) is 14.6. The fourth-order valence-electron chi connectivity index (χ4n) is 3.38. The van der Waals surface area contributed by atoms with Gasteiger partial charge in [0.25, 0.3) is 0 Å². The molecule has 0 atom stereocenters. The van der Waals surface area contributed by atoms with Crippen molar-refractivity contribution in [1.29, 1.82) is 0 Å². The molecule has 1 aromatic heterocycles. The van der Waals surface area contributed by atoms with Crippen LogP contribution >= 0.6 is 11.6 Å². The van der Waals surface area contributed by atoms with Gasteiger partial charge in [0.15, 0.2) is 0 Å². The normalized spacial score (nSPS) is 10.8. The third kappa shape index (κ3) is 4.63. The molecule has 3 aromatic carbocycles. The largest absolute Gasteiger partial charge is 0.388 e. The van der Waals surface area contributed by atoms with E-state index in [2.05, 4.69) is 10.6 Å². The minimum Gasteiger partial charge on any atom is -0.388 e. The molecule has 0 spiro atoms. The van der Waals surface area contributed by atoms with E-state index in [1.807, 2.05) is 72.4 Å². The molecule has 0 aliphatic heterocycles. The first kappa shape index (κ1) is 20.0. The number of hydrogen-bond donors (Lipinski definition) is 2. The number of hydrogen-bond acceptors (Lipinski definition) is 3. The van der Waals surface area contributed by atoms with Crippen LogP contribution in [0.1, 0.15) is 17.1 Å². The van der Waals surface area contributed by atoms with Gasteiger partial charge >= 0.3 is 0 Å². The van der Waals surface area contributed by atoms with Gasteiger partial charge in [-0.25, -0.2) is 9.37 Å². The highest BCUT2D eigenvalue weighted by Gasteiger charge is 2.13. The molecule has 0 amide bonds. The van der Waals surface area contributed by atoms with E-state index in [0.29, 0.717) is 18.0 Å². The van der Waals surface area contributed by atoms with E-state index in [4.69, 9.17) is 16.6 Å². The first-order valence-electron chi connectivity index (χ1n) is 9.70. The summed E-state index contributed by atoms with van der Waals surface area (Å²) < 4.78 is 15.9. The second kappa shape index (κ2) is 9.01. The molecule has 0 unspecified atom stereocenters. The molecule has 2 N–H and O–H groups in total. The monoisotopic (exact) mass is 420 g/mol. The van der Waals surface area contributed by atoms with Crippen molar-refractivity contribution >= 4 is 23.0 Å². The molecular weight excluding hydrogens is 399 g/mol. The Morgan fingerprint density at radius 1 is 1.00 bits per heavy atom. The molecule has 4 nitrogen and oxygen atoms in total. The van der Waals surface area contributed by atoms with Crippen molar-refractivity contribution < 1.29 is 4.39 Å². The third-order valence-corrected chi connectivity index (χ3v) is 5.12. The van der Waals surface area contributed by atoms with Crippen molar-refractivity contribution in [2.75, 3.05) is 17.7 Å². The van der Waals surface area contributed by atoms with Crippen LogP contribution in [0.25, 0.3) is 5.69 Å². The minimum absolute atomic E-state index is 0.264. The second-order valence-corrected chi connectivity index (χ2v) is 7.38. The smallest absolute Gasteiger partial charge is 0.123 e. The maximum atomic E-state index is 13.9. The van der Waals surface area contributed by atoms with E-state index in [1.54, 1.807) is 12.1 Å². The number of para-hydroxylation sites is 1. The lowest BCUT2D eigenvalue weighted by molar-refractivity contribution is 0.626. The van der Waals surface area contributed by atoms with Crippen LogP contribution < -0.4 is 10.6 Å². The lowest BCUT2D eigenvalue weighted by Gasteiger charge is -2.11. The Labute approximate surface area is 180 Å². The number of anilines is 2. The van der Waals surface area contributed by atoms with Crippen molar-refractivity contribution in [3.05, 3.63) is 107 Å². The zero-order valence-electron chi connectivity index (χ0n) is 16.6. The number of nitrogens with one attached hydrogen (secondary N) is 2.